The lowest BCUT2D eigenvalue weighted by Crippen LogP contribution is -2.42. The van der Waals surface area contributed by atoms with Crippen LogP contribution >= 0.6 is 0 Å². The second kappa shape index (κ2) is 28.9. The average molecular weight is 681 g/mol. The summed E-state index contributed by atoms with van der Waals surface area (Å²) < 4.78 is 5.71. The Morgan fingerprint density at radius 3 is 2.23 bits per heavy atom. The van der Waals surface area contributed by atoms with E-state index in [1.807, 2.05) is 20.8 Å². The Balaban J connectivity index is 0.000000960. The maximum atomic E-state index is 12.1. The van der Waals surface area contributed by atoms with Gasteiger partial charge in [0.2, 0.25) is 0 Å². The number of allylic oxidation sites excluding steroid dienone is 1. The Bertz CT molecular complexity index is 858. The van der Waals surface area contributed by atoms with Gasteiger partial charge in [-0.1, -0.05) is 98.1 Å². The zero-order valence-corrected chi connectivity index (χ0v) is 32.3. The molecule has 0 radical (unpaired) electrons. The molecule has 0 aromatic carbocycles. The van der Waals surface area contributed by atoms with Gasteiger partial charge in [0.25, 0.3) is 0 Å². The van der Waals surface area contributed by atoms with Gasteiger partial charge in [-0.3, -0.25) is 4.79 Å². The van der Waals surface area contributed by atoms with E-state index in [2.05, 4.69) is 32.2 Å². The minimum absolute atomic E-state index is 0.0175. The van der Waals surface area contributed by atoms with Crippen LogP contribution in [0, 0.1) is 35.5 Å². The molecule has 4 rings (SSSR count). The first kappa shape index (κ1) is 46.1. The molecule has 3 fully saturated rings. The number of hydroxylamine groups is 2. The van der Waals surface area contributed by atoms with E-state index >= 15 is 0 Å². The van der Waals surface area contributed by atoms with Crippen LogP contribution in [-0.4, -0.2) is 60.5 Å². The Morgan fingerprint density at radius 2 is 1.65 bits per heavy atom. The van der Waals surface area contributed by atoms with Crippen LogP contribution in [0.1, 0.15) is 164 Å². The van der Waals surface area contributed by atoms with Crippen molar-refractivity contribution >= 4 is 18.3 Å². The van der Waals surface area contributed by atoms with Crippen LogP contribution in [0.25, 0.3) is 0 Å². The van der Waals surface area contributed by atoms with Crippen LogP contribution in [-0.2, 0) is 14.3 Å². The van der Waals surface area contributed by atoms with E-state index in [4.69, 9.17) is 15.1 Å². The molecule has 0 bridgehead atoms. The Hall–Kier alpha value is -1.93. The van der Waals surface area contributed by atoms with Gasteiger partial charge in [-0.25, -0.2) is 4.79 Å². The van der Waals surface area contributed by atoms with Gasteiger partial charge in [0.1, 0.15) is 12.4 Å². The number of hydrogen-bond donors (Lipinski definition) is 3. The van der Waals surface area contributed by atoms with Gasteiger partial charge >= 0.3 is 12.1 Å². The number of carbonyl (C=O) groups excluding carboxylic acids is 2. The van der Waals surface area contributed by atoms with Crippen molar-refractivity contribution in [1.29, 1.82) is 0 Å². The Kier molecular flexibility index (Phi) is 27.7. The lowest BCUT2D eigenvalue weighted by Gasteiger charge is -2.49. The van der Waals surface area contributed by atoms with E-state index in [0.717, 1.165) is 79.0 Å². The number of alkyl carbamates (subject to hydrolysis) is 1. The molecule has 0 heterocycles. The summed E-state index contributed by atoms with van der Waals surface area (Å²) in [7, 11) is 3.11. The van der Waals surface area contributed by atoms with Crippen LogP contribution in [0.15, 0.2) is 11.6 Å². The highest BCUT2D eigenvalue weighted by Gasteiger charge is 2.47. The highest BCUT2D eigenvalue weighted by Crippen LogP contribution is 2.56. The summed E-state index contributed by atoms with van der Waals surface area (Å²) >= 11 is 0. The van der Waals surface area contributed by atoms with Crippen molar-refractivity contribution in [2.24, 2.45) is 35.5 Å². The van der Waals surface area contributed by atoms with E-state index in [-0.39, 0.29) is 18.6 Å². The molecule has 3 saturated carbocycles. The van der Waals surface area contributed by atoms with Crippen molar-refractivity contribution < 1.29 is 29.4 Å². The molecule has 0 aromatic heterocycles. The number of carbonyl (C=O) groups is 3. The summed E-state index contributed by atoms with van der Waals surface area (Å²) in [6.07, 6.45) is 24.5. The highest BCUT2D eigenvalue weighted by atomic mass is 16.6. The third kappa shape index (κ3) is 20.6. The number of nitrogens with zero attached hydrogens (tertiary/aromatic N) is 1. The van der Waals surface area contributed by atoms with E-state index in [0.29, 0.717) is 19.4 Å². The van der Waals surface area contributed by atoms with Crippen molar-refractivity contribution in [1.82, 2.24) is 10.4 Å². The first-order valence-corrected chi connectivity index (χ1v) is 19.7. The monoisotopic (exact) mass is 681 g/mol. The molecule has 5 unspecified atom stereocenters. The minimum atomic E-state index is -0.757. The first-order valence-electron chi connectivity index (χ1n) is 19.7. The zero-order valence-electron chi connectivity index (χ0n) is 32.3. The molecular weight excluding hydrogens is 604 g/mol. The number of aldehydes is 1. The number of aliphatic carboxylic acids is 1. The van der Waals surface area contributed by atoms with Crippen molar-refractivity contribution in [3.05, 3.63) is 11.6 Å². The van der Waals surface area contributed by atoms with Crippen LogP contribution in [0.5, 0.6) is 0 Å². The van der Waals surface area contributed by atoms with Crippen molar-refractivity contribution in [3.8, 4) is 0 Å². The second-order valence-electron chi connectivity index (χ2n) is 14.5. The van der Waals surface area contributed by atoms with Gasteiger partial charge in [-0.05, 0) is 93.3 Å². The minimum Gasteiger partial charge on any atom is -0.481 e. The Labute approximate surface area is 295 Å². The molecule has 8 nitrogen and oxygen atoms in total. The molecule has 8 heteroatoms. The maximum absolute atomic E-state index is 12.1. The fourth-order valence-electron chi connectivity index (χ4n) is 7.84. The summed E-state index contributed by atoms with van der Waals surface area (Å²) in [5, 5.41) is 20.4. The molecular formula is C40H76N2O6. The van der Waals surface area contributed by atoms with E-state index in [9.17, 15) is 14.4 Å². The molecule has 48 heavy (non-hydrogen) atoms. The molecule has 3 N–H and O–H groups in total. The smallest absolute Gasteiger partial charge is 0.407 e. The average Bonchev–Trinajstić information content (AvgIpc) is 3.54. The van der Waals surface area contributed by atoms with Gasteiger partial charge in [-0.15, -0.1) is 0 Å². The van der Waals surface area contributed by atoms with Gasteiger partial charge in [-0.2, -0.15) is 5.06 Å². The number of unbranched alkanes of at least 4 members (excludes halogenated alkanes) is 5. The van der Waals surface area contributed by atoms with Crippen LogP contribution in [0.4, 0.5) is 4.79 Å². The second-order valence-corrected chi connectivity index (χ2v) is 14.5. The molecule has 4 aliphatic rings. The van der Waals surface area contributed by atoms with E-state index in [1.165, 1.54) is 70.6 Å². The number of carboxylic acids is 1. The largest absolute Gasteiger partial charge is 0.481 e. The zero-order chi connectivity index (χ0) is 36.3. The molecule has 0 saturated heterocycles. The van der Waals surface area contributed by atoms with Gasteiger partial charge in [0.05, 0.1) is 0 Å². The molecule has 0 aliphatic heterocycles. The maximum Gasteiger partial charge on any atom is 0.407 e. The highest BCUT2D eigenvalue weighted by molar-refractivity contribution is 5.67. The normalized spacial score (nSPS) is 24.9. The van der Waals surface area contributed by atoms with Gasteiger partial charge in [0.15, 0.2) is 0 Å². The fourth-order valence-corrected chi connectivity index (χ4v) is 7.84. The summed E-state index contributed by atoms with van der Waals surface area (Å²) in [6.45, 7) is 13.4. The standard InChI is InChI=1S/C24H37NO4.C8H18.C4H8O.C2H7NO.C2H6/c26-23(27)7-2-1-3-14-25-24(28)29-18-10-13-20-17(15-18)9-12-21-19-6-4-5-16(19)8-11-22(20)21;1-4-5-6-7-8(2)3;1-2-3-4-5;1-3(2)4;1-2/h9,16,18-22H,1-8,10-15H2,(H,25,28)(H,26,27);8H,4-7H2,1-3H3;4H,2-3H2,1H3;4H,1-2H3;1-2H3/t16?,18-,19?,20?,21?,22?;;;;/m0..../s1. The van der Waals surface area contributed by atoms with Crippen molar-refractivity contribution in [2.45, 2.75) is 170 Å². The SMILES string of the molecule is CC.CCCC=O.CCCCCC(C)C.CN(C)O.O=C(O)CCCCCNC(=O)O[C@H]1CCC2C(=CCC3C4CCCC4CCC23)C1. The van der Waals surface area contributed by atoms with Gasteiger partial charge < -0.3 is 25.2 Å². The lowest BCUT2D eigenvalue weighted by atomic mass is 9.57. The third-order valence-electron chi connectivity index (χ3n) is 10.00. The van der Waals surface area contributed by atoms with Crippen LogP contribution in [0.2, 0.25) is 0 Å². The molecule has 0 spiro atoms. The van der Waals surface area contributed by atoms with Crippen molar-refractivity contribution in [3.63, 3.8) is 0 Å². The Morgan fingerprint density at radius 1 is 0.938 bits per heavy atom. The molecule has 282 valence electrons. The van der Waals surface area contributed by atoms with Crippen molar-refractivity contribution in [2.75, 3.05) is 20.6 Å². The van der Waals surface area contributed by atoms with E-state index in [1.54, 1.807) is 19.7 Å². The first-order chi connectivity index (χ1) is 23.0. The molecule has 4 aliphatic carbocycles. The molecule has 6 atom stereocenters. The molecule has 0 aromatic rings. The third-order valence-corrected chi connectivity index (χ3v) is 10.00. The van der Waals surface area contributed by atoms with Crippen LogP contribution < -0.4 is 5.32 Å². The predicted octanol–water partition coefficient (Wildman–Crippen LogP) is 10.5. The summed E-state index contributed by atoms with van der Waals surface area (Å²) in [5.41, 5.74) is 1.57. The number of fused-ring (bicyclic) bond motifs is 5. The number of nitrogens with one attached hydrogen (secondary N) is 1. The molecule has 1 amide bonds. The number of ether oxygens (including phenoxy) is 1. The summed E-state index contributed by atoms with van der Waals surface area (Å²) in [6, 6.07) is 0. The van der Waals surface area contributed by atoms with E-state index < -0.39 is 5.97 Å². The quantitative estimate of drug-likeness (QED) is 0.0767. The van der Waals surface area contributed by atoms with Gasteiger partial charge in [0, 0.05) is 39.9 Å². The topological polar surface area (TPSA) is 116 Å². The fraction of sp³-hybridized carbons (Fsp3) is 0.875. The summed E-state index contributed by atoms with van der Waals surface area (Å²) in [5.74, 6) is 4.70. The number of carboxylic acid groups (broad SMARTS) is 1. The lowest BCUT2D eigenvalue weighted by molar-refractivity contribution is -0.137. The number of rotatable bonds is 13. The predicted molar refractivity (Wildman–Crippen MR) is 198 cm³/mol. The number of amides is 1. The summed E-state index contributed by atoms with van der Waals surface area (Å²) in [4.78, 5) is 32.0. The van der Waals surface area contributed by atoms with Crippen LogP contribution in [0.3, 0.4) is 0 Å². The number of hydrogen-bond acceptors (Lipinski definition) is 6.